The number of amides is 1. The molecule has 1 rings (SSSR count). The lowest BCUT2D eigenvalue weighted by Gasteiger charge is -2.27. The van der Waals surface area contributed by atoms with E-state index < -0.39 is 0 Å². The monoisotopic (exact) mass is 269 g/mol. The van der Waals surface area contributed by atoms with Gasteiger partial charge >= 0.3 is 0 Å². The summed E-state index contributed by atoms with van der Waals surface area (Å²) in [6, 6.07) is 0. The molecular weight excluding hydrogens is 242 g/mol. The zero-order chi connectivity index (χ0) is 13.9. The molecule has 0 bridgehead atoms. The molecule has 0 spiro atoms. The molecule has 1 fully saturated rings. The lowest BCUT2D eigenvalue weighted by Crippen LogP contribution is -2.44. The van der Waals surface area contributed by atoms with Crippen LogP contribution in [0.2, 0.25) is 0 Å². The van der Waals surface area contributed by atoms with Gasteiger partial charge in [0.05, 0.1) is 6.61 Å². The van der Waals surface area contributed by atoms with Crippen LogP contribution in [0.4, 0.5) is 0 Å². The van der Waals surface area contributed by atoms with Crippen molar-refractivity contribution < 1.29 is 9.53 Å². The Morgan fingerprint density at radius 2 is 2.26 bits per heavy atom. The van der Waals surface area contributed by atoms with Gasteiger partial charge in [-0.15, -0.1) is 6.58 Å². The minimum absolute atomic E-state index is 0.0237. The molecule has 5 nitrogen and oxygen atoms in total. The van der Waals surface area contributed by atoms with E-state index >= 15 is 0 Å². The van der Waals surface area contributed by atoms with Crippen LogP contribution in [0.1, 0.15) is 19.8 Å². The van der Waals surface area contributed by atoms with E-state index in [2.05, 4.69) is 22.1 Å². The highest BCUT2D eigenvalue weighted by Crippen LogP contribution is 1.95. The van der Waals surface area contributed by atoms with Gasteiger partial charge in [-0.1, -0.05) is 6.08 Å². The average molecular weight is 269 g/mol. The Morgan fingerprint density at radius 3 is 2.95 bits per heavy atom. The van der Waals surface area contributed by atoms with Gasteiger partial charge in [-0.2, -0.15) is 0 Å². The molecule has 1 unspecified atom stereocenters. The van der Waals surface area contributed by atoms with Gasteiger partial charge in [0.1, 0.15) is 6.10 Å². The summed E-state index contributed by atoms with van der Waals surface area (Å²) in [4.78, 5) is 14.1. The normalized spacial score (nSPS) is 17.9. The van der Waals surface area contributed by atoms with Crippen molar-refractivity contribution in [2.75, 3.05) is 45.9 Å². The van der Waals surface area contributed by atoms with Gasteiger partial charge in [0.25, 0.3) is 0 Å². The van der Waals surface area contributed by atoms with E-state index in [1.807, 2.05) is 0 Å². The Kier molecular flexibility index (Phi) is 8.45. The Balaban J connectivity index is 2.00. The number of hydrogen-bond donors (Lipinski definition) is 2. The third-order valence-corrected chi connectivity index (χ3v) is 3.22. The number of hydrogen-bond acceptors (Lipinski definition) is 4. The zero-order valence-electron chi connectivity index (χ0n) is 12.0. The topological polar surface area (TPSA) is 53.6 Å². The Hall–Kier alpha value is -0.910. The van der Waals surface area contributed by atoms with E-state index in [0.717, 1.165) is 52.1 Å². The van der Waals surface area contributed by atoms with Crippen LogP contribution >= 0.6 is 0 Å². The van der Waals surface area contributed by atoms with Crippen molar-refractivity contribution in [1.82, 2.24) is 15.5 Å². The quantitative estimate of drug-likeness (QED) is 0.469. The van der Waals surface area contributed by atoms with Gasteiger partial charge in [0.15, 0.2) is 0 Å². The first-order valence-corrected chi connectivity index (χ1v) is 7.17. The summed E-state index contributed by atoms with van der Waals surface area (Å²) in [5.41, 5.74) is 0. The SMILES string of the molecule is C=CCCOC(C)C(=O)NCCCN1CCNCC1. The lowest BCUT2D eigenvalue weighted by molar-refractivity contribution is -0.131. The van der Waals surface area contributed by atoms with E-state index in [4.69, 9.17) is 4.74 Å². The first kappa shape index (κ1) is 16.1. The minimum Gasteiger partial charge on any atom is -0.368 e. The van der Waals surface area contributed by atoms with Crippen molar-refractivity contribution in [3.05, 3.63) is 12.7 Å². The summed E-state index contributed by atoms with van der Waals surface area (Å²) < 4.78 is 5.39. The number of nitrogens with one attached hydrogen (secondary N) is 2. The van der Waals surface area contributed by atoms with Gasteiger partial charge in [-0.05, 0) is 26.3 Å². The summed E-state index contributed by atoms with van der Waals surface area (Å²) in [5.74, 6) is -0.0237. The predicted octanol–water partition coefficient (Wildman–Crippen LogP) is 0.379. The Bertz CT molecular complexity index is 265. The second-order valence-electron chi connectivity index (χ2n) is 4.83. The van der Waals surface area contributed by atoms with Gasteiger partial charge in [-0.25, -0.2) is 0 Å². The fourth-order valence-corrected chi connectivity index (χ4v) is 2.00. The van der Waals surface area contributed by atoms with Crippen molar-refractivity contribution in [3.8, 4) is 0 Å². The first-order valence-electron chi connectivity index (χ1n) is 7.17. The molecular formula is C14H27N3O2. The number of carbonyl (C=O) groups is 1. The number of ether oxygens (including phenoxy) is 1. The summed E-state index contributed by atoms with van der Waals surface area (Å²) in [6.07, 6.45) is 3.18. The largest absolute Gasteiger partial charge is 0.368 e. The molecule has 0 radical (unpaired) electrons. The van der Waals surface area contributed by atoms with E-state index in [9.17, 15) is 4.79 Å². The van der Waals surface area contributed by atoms with Crippen LogP contribution in [0, 0.1) is 0 Å². The van der Waals surface area contributed by atoms with Crippen molar-refractivity contribution in [3.63, 3.8) is 0 Å². The summed E-state index contributed by atoms with van der Waals surface area (Å²) in [5, 5.41) is 6.24. The molecule has 1 atom stereocenters. The van der Waals surface area contributed by atoms with Gasteiger partial charge < -0.3 is 20.3 Å². The molecule has 5 heteroatoms. The van der Waals surface area contributed by atoms with Crippen LogP contribution in [0.15, 0.2) is 12.7 Å². The molecule has 0 aliphatic carbocycles. The highest BCUT2D eigenvalue weighted by Gasteiger charge is 2.12. The van der Waals surface area contributed by atoms with Crippen molar-refractivity contribution in [1.29, 1.82) is 0 Å². The van der Waals surface area contributed by atoms with Crippen molar-refractivity contribution >= 4 is 5.91 Å². The number of rotatable bonds is 9. The molecule has 0 aromatic heterocycles. The zero-order valence-corrected chi connectivity index (χ0v) is 12.0. The molecule has 19 heavy (non-hydrogen) atoms. The molecule has 110 valence electrons. The molecule has 1 saturated heterocycles. The predicted molar refractivity (Wildman–Crippen MR) is 77.2 cm³/mol. The third-order valence-electron chi connectivity index (χ3n) is 3.22. The maximum atomic E-state index is 11.7. The highest BCUT2D eigenvalue weighted by atomic mass is 16.5. The molecule has 0 saturated carbocycles. The fraction of sp³-hybridized carbons (Fsp3) is 0.786. The highest BCUT2D eigenvalue weighted by molar-refractivity contribution is 5.80. The van der Waals surface area contributed by atoms with Crippen molar-refractivity contribution in [2.45, 2.75) is 25.9 Å². The van der Waals surface area contributed by atoms with Gasteiger partial charge in [0, 0.05) is 32.7 Å². The van der Waals surface area contributed by atoms with E-state index in [-0.39, 0.29) is 12.0 Å². The van der Waals surface area contributed by atoms with Crippen LogP contribution in [0.3, 0.4) is 0 Å². The standard InChI is InChI=1S/C14H27N3O2/c1-3-4-12-19-13(2)14(18)16-6-5-9-17-10-7-15-8-11-17/h3,13,15H,1,4-12H2,2H3,(H,16,18). The molecule has 0 aromatic carbocycles. The Labute approximate surface area is 116 Å². The molecule has 0 aromatic rings. The summed E-state index contributed by atoms with van der Waals surface area (Å²) in [6.45, 7) is 12.1. The maximum absolute atomic E-state index is 11.7. The summed E-state index contributed by atoms with van der Waals surface area (Å²) in [7, 11) is 0. The smallest absolute Gasteiger partial charge is 0.248 e. The van der Waals surface area contributed by atoms with Crippen LogP contribution in [-0.2, 0) is 9.53 Å². The van der Waals surface area contributed by atoms with Crippen LogP contribution in [0.25, 0.3) is 0 Å². The van der Waals surface area contributed by atoms with E-state index in [0.29, 0.717) is 6.61 Å². The molecule has 1 aliphatic heterocycles. The van der Waals surface area contributed by atoms with E-state index in [1.165, 1.54) is 0 Å². The van der Waals surface area contributed by atoms with Crippen LogP contribution < -0.4 is 10.6 Å². The van der Waals surface area contributed by atoms with Gasteiger partial charge in [-0.3, -0.25) is 4.79 Å². The molecule has 1 aliphatic rings. The molecule has 1 amide bonds. The average Bonchev–Trinajstić information content (AvgIpc) is 2.44. The second-order valence-corrected chi connectivity index (χ2v) is 4.83. The van der Waals surface area contributed by atoms with E-state index in [1.54, 1.807) is 13.0 Å². The summed E-state index contributed by atoms with van der Waals surface area (Å²) >= 11 is 0. The maximum Gasteiger partial charge on any atom is 0.248 e. The third kappa shape index (κ3) is 7.30. The second kappa shape index (κ2) is 9.95. The number of piperazine rings is 1. The van der Waals surface area contributed by atoms with Gasteiger partial charge in [0.2, 0.25) is 5.91 Å². The first-order chi connectivity index (χ1) is 9.24. The molecule has 2 N–H and O–H groups in total. The fourth-order valence-electron chi connectivity index (χ4n) is 2.00. The minimum atomic E-state index is -0.376. The van der Waals surface area contributed by atoms with Crippen LogP contribution in [0.5, 0.6) is 0 Å². The number of nitrogens with zero attached hydrogens (tertiary/aromatic N) is 1. The molecule has 1 heterocycles. The van der Waals surface area contributed by atoms with Crippen molar-refractivity contribution in [2.24, 2.45) is 0 Å². The Morgan fingerprint density at radius 1 is 1.53 bits per heavy atom. The lowest BCUT2D eigenvalue weighted by atomic mass is 10.3. The number of carbonyl (C=O) groups excluding carboxylic acids is 1. The van der Waals surface area contributed by atoms with Crippen LogP contribution in [-0.4, -0.2) is 62.8 Å².